The van der Waals surface area contributed by atoms with Gasteiger partial charge in [-0.05, 0) is 18.1 Å². The van der Waals surface area contributed by atoms with Crippen LogP contribution in [0.1, 0.15) is 20.3 Å². The van der Waals surface area contributed by atoms with Crippen molar-refractivity contribution in [3.05, 3.63) is 30.1 Å². The maximum atomic E-state index is 13.3. The van der Waals surface area contributed by atoms with E-state index in [2.05, 4.69) is 5.32 Å². The summed E-state index contributed by atoms with van der Waals surface area (Å²) in [6.07, 6.45) is -0.164. The topological polar surface area (TPSA) is 75.6 Å². The van der Waals surface area contributed by atoms with E-state index in [1.807, 2.05) is 13.8 Å². The third-order valence-corrected chi connectivity index (χ3v) is 2.74. The first kappa shape index (κ1) is 15.9. The number of para-hydroxylation sites is 1. The number of rotatable bonds is 7. The molecule has 0 aliphatic rings. The maximum Gasteiger partial charge on any atom is 0.305 e. The van der Waals surface area contributed by atoms with Crippen LogP contribution in [0.15, 0.2) is 24.3 Å². The Morgan fingerprint density at radius 2 is 2.00 bits per heavy atom. The zero-order chi connectivity index (χ0) is 15.1. The zero-order valence-corrected chi connectivity index (χ0v) is 11.4. The van der Waals surface area contributed by atoms with Crippen LogP contribution in [-0.2, 0) is 9.59 Å². The lowest BCUT2D eigenvalue weighted by Crippen LogP contribution is -2.42. The summed E-state index contributed by atoms with van der Waals surface area (Å²) in [6, 6.07) is 5.28. The van der Waals surface area contributed by atoms with E-state index in [0.29, 0.717) is 0 Å². The number of amides is 1. The van der Waals surface area contributed by atoms with E-state index in [4.69, 9.17) is 9.84 Å². The van der Waals surface area contributed by atoms with Crippen LogP contribution >= 0.6 is 0 Å². The van der Waals surface area contributed by atoms with Crippen molar-refractivity contribution in [2.45, 2.75) is 26.3 Å². The average Bonchev–Trinajstić information content (AvgIpc) is 2.36. The van der Waals surface area contributed by atoms with Crippen LogP contribution in [0.2, 0.25) is 0 Å². The molecule has 1 unspecified atom stereocenters. The largest absolute Gasteiger partial charge is 0.481 e. The molecule has 1 amide bonds. The predicted octanol–water partition coefficient (Wildman–Crippen LogP) is 1.82. The van der Waals surface area contributed by atoms with E-state index in [0.717, 1.165) is 0 Å². The second-order valence-electron chi connectivity index (χ2n) is 4.73. The number of hydrogen-bond donors (Lipinski definition) is 2. The number of benzene rings is 1. The third kappa shape index (κ3) is 5.26. The van der Waals surface area contributed by atoms with Gasteiger partial charge in [-0.15, -0.1) is 0 Å². The van der Waals surface area contributed by atoms with Gasteiger partial charge in [0.25, 0.3) is 5.91 Å². The van der Waals surface area contributed by atoms with Gasteiger partial charge >= 0.3 is 5.97 Å². The monoisotopic (exact) mass is 283 g/mol. The molecule has 0 fully saturated rings. The number of carboxylic acid groups (broad SMARTS) is 1. The minimum atomic E-state index is -0.987. The first-order valence-corrected chi connectivity index (χ1v) is 6.28. The molecule has 1 aromatic carbocycles. The molecule has 1 atom stereocenters. The predicted molar refractivity (Wildman–Crippen MR) is 70.9 cm³/mol. The molecule has 1 rings (SSSR count). The highest BCUT2D eigenvalue weighted by Gasteiger charge is 2.19. The highest BCUT2D eigenvalue weighted by molar-refractivity contribution is 5.78. The van der Waals surface area contributed by atoms with E-state index < -0.39 is 23.7 Å². The van der Waals surface area contributed by atoms with Crippen molar-refractivity contribution in [2.24, 2.45) is 5.92 Å². The number of carbonyl (C=O) groups is 2. The van der Waals surface area contributed by atoms with Gasteiger partial charge in [-0.2, -0.15) is 0 Å². The zero-order valence-electron chi connectivity index (χ0n) is 11.4. The summed E-state index contributed by atoms with van der Waals surface area (Å²) in [5.41, 5.74) is 0. The molecule has 1 aromatic rings. The van der Waals surface area contributed by atoms with E-state index in [1.54, 1.807) is 6.07 Å². The summed E-state index contributed by atoms with van der Waals surface area (Å²) < 4.78 is 18.3. The molecule has 2 N–H and O–H groups in total. The lowest BCUT2D eigenvalue weighted by molar-refractivity contribution is -0.138. The Morgan fingerprint density at radius 1 is 1.35 bits per heavy atom. The first-order valence-electron chi connectivity index (χ1n) is 6.28. The standard InChI is InChI=1S/C14H18FNO4/c1-9(2)11(7-14(18)19)16-13(17)8-20-12-6-4-3-5-10(12)15/h3-6,9,11H,7-8H2,1-2H3,(H,16,17)(H,18,19). The smallest absolute Gasteiger partial charge is 0.305 e. The lowest BCUT2D eigenvalue weighted by atomic mass is 10.0. The Morgan fingerprint density at radius 3 is 2.55 bits per heavy atom. The lowest BCUT2D eigenvalue weighted by Gasteiger charge is -2.20. The number of ether oxygens (including phenoxy) is 1. The van der Waals surface area contributed by atoms with Gasteiger partial charge in [-0.1, -0.05) is 26.0 Å². The van der Waals surface area contributed by atoms with Crippen LogP contribution in [0.4, 0.5) is 4.39 Å². The van der Waals surface area contributed by atoms with Crippen molar-refractivity contribution in [3.63, 3.8) is 0 Å². The van der Waals surface area contributed by atoms with Crippen molar-refractivity contribution in [3.8, 4) is 5.75 Å². The second-order valence-corrected chi connectivity index (χ2v) is 4.73. The summed E-state index contributed by atoms with van der Waals surface area (Å²) in [6.45, 7) is 3.26. The van der Waals surface area contributed by atoms with Crippen molar-refractivity contribution < 1.29 is 23.8 Å². The Labute approximate surface area is 116 Å². The van der Waals surface area contributed by atoms with Gasteiger partial charge in [0.2, 0.25) is 0 Å². The number of carbonyl (C=O) groups excluding carboxylic acids is 1. The van der Waals surface area contributed by atoms with Gasteiger partial charge in [-0.25, -0.2) is 4.39 Å². The van der Waals surface area contributed by atoms with Gasteiger partial charge < -0.3 is 15.2 Å². The van der Waals surface area contributed by atoms with Gasteiger partial charge in [-0.3, -0.25) is 9.59 Å². The van der Waals surface area contributed by atoms with E-state index in [9.17, 15) is 14.0 Å². The number of hydrogen-bond acceptors (Lipinski definition) is 3. The highest BCUT2D eigenvalue weighted by Crippen LogP contribution is 2.15. The van der Waals surface area contributed by atoms with E-state index >= 15 is 0 Å². The minimum Gasteiger partial charge on any atom is -0.481 e. The molecule has 6 heteroatoms. The van der Waals surface area contributed by atoms with Crippen LogP contribution in [0.3, 0.4) is 0 Å². The molecule has 0 radical (unpaired) electrons. The molecule has 5 nitrogen and oxygen atoms in total. The molecule has 0 aromatic heterocycles. The van der Waals surface area contributed by atoms with Crippen molar-refractivity contribution in [2.75, 3.05) is 6.61 Å². The van der Waals surface area contributed by atoms with E-state index in [-0.39, 0.29) is 24.7 Å². The van der Waals surface area contributed by atoms with Gasteiger partial charge in [0.05, 0.1) is 6.42 Å². The summed E-state index contributed by atoms with van der Waals surface area (Å²) in [7, 11) is 0. The summed E-state index contributed by atoms with van der Waals surface area (Å²) in [4.78, 5) is 22.4. The number of carboxylic acids is 1. The Hall–Kier alpha value is -2.11. The van der Waals surface area contributed by atoms with Gasteiger partial charge in [0.1, 0.15) is 0 Å². The molecule has 110 valence electrons. The van der Waals surface area contributed by atoms with Crippen LogP contribution < -0.4 is 10.1 Å². The van der Waals surface area contributed by atoms with Crippen molar-refractivity contribution in [1.29, 1.82) is 0 Å². The quantitative estimate of drug-likeness (QED) is 0.800. The molecule has 20 heavy (non-hydrogen) atoms. The van der Waals surface area contributed by atoms with Crippen LogP contribution in [-0.4, -0.2) is 29.6 Å². The van der Waals surface area contributed by atoms with Crippen LogP contribution in [0, 0.1) is 11.7 Å². The van der Waals surface area contributed by atoms with Crippen molar-refractivity contribution in [1.82, 2.24) is 5.32 Å². The normalized spacial score (nSPS) is 12.0. The van der Waals surface area contributed by atoms with E-state index in [1.165, 1.54) is 18.2 Å². The first-order chi connectivity index (χ1) is 9.40. The van der Waals surface area contributed by atoms with Crippen molar-refractivity contribution >= 4 is 11.9 Å². The fourth-order valence-electron chi connectivity index (χ4n) is 1.60. The molecule has 0 aliphatic carbocycles. The Kier molecular flexibility index (Phi) is 5.96. The Bertz CT molecular complexity index is 476. The second kappa shape index (κ2) is 7.47. The third-order valence-electron chi connectivity index (χ3n) is 2.74. The summed E-state index contributed by atoms with van der Waals surface area (Å²) >= 11 is 0. The molecular formula is C14H18FNO4. The van der Waals surface area contributed by atoms with Crippen LogP contribution in [0.25, 0.3) is 0 Å². The molecule has 0 heterocycles. The number of nitrogens with one attached hydrogen (secondary N) is 1. The fraction of sp³-hybridized carbons (Fsp3) is 0.429. The number of halogens is 1. The molecule has 0 saturated carbocycles. The maximum absolute atomic E-state index is 13.3. The summed E-state index contributed by atoms with van der Waals surface area (Å²) in [5.74, 6) is -2.05. The molecule has 0 aliphatic heterocycles. The van der Waals surface area contributed by atoms with Crippen LogP contribution in [0.5, 0.6) is 5.75 Å². The molecular weight excluding hydrogens is 265 g/mol. The summed E-state index contributed by atoms with van der Waals surface area (Å²) in [5, 5.41) is 11.3. The Balaban J connectivity index is 2.50. The highest BCUT2D eigenvalue weighted by atomic mass is 19.1. The SMILES string of the molecule is CC(C)C(CC(=O)O)NC(=O)COc1ccccc1F. The molecule has 0 bridgehead atoms. The number of aliphatic carboxylic acids is 1. The van der Waals surface area contributed by atoms with Gasteiger partial charge in [0, 0.05) is 6.04 Å². The average molecular weight is 283 g/mol. The molecule has 0 saturated heterocycles. The van der Waals surface area contributed by atoms with Gasteiger partial charge in [0.15, 0.2) is 18.2 Å². The fourth-order valence-corrected chi connectivity index (χ4v) is 1.60. The minimum absolute atomic E-state index is 0.0121. The molecule has 0 spiro atoms.